The summed E-state index contributed by atoms with van der Waals surface area (Å²) < 4.78 is 1.71. The number of hydrogen-bond acceptors (Lipinski definition) is 3. The van der Waals surface area contributed by atoms with Crippen LogP contribution in [0.2, 0.25) is 0 Å². The molecule has 0 amide bonds. The van der Waals surface area contributed by atoms with E-state index in [0.717, 1.165) is 11.2 Å². The second-order valence-electron chi connectivity index (χ2n) is 2.81. The van der Waals surface area contributed by atoms with Crippen LogP contribution in [0.5, 0.6) is 0 Å². The Labute approximate surface area is 70.0 Å². The van der Waals surface area contributed by atoms with Crippen molar-refractivity contribution in [3.8, 4) is 0 Å². The van der Waals surface area contributed by atoms with Gasteiger partial charge in [-0.05, 0) is 24.6 Å². The summed E-state index contributed by atoms with van der Waals surface area (Å²) in [4.78, 5) is 4.06. The van der Waals surface area contributed by atoms with Crippen LogP contribution in [0.3, 0.4) is 0 Å². The van der Waals surface area contributed by atoms with Gasteiger partial charge in [-0.3, -0.25) is 0 Å². The van der Waals surface area contributed by atoms with Gasteiger partial charge in [-0.2, -0.15) is 5.10 Å². The molecule has 0 radical (unpaired) electrons. The van der Waals surface area contributed by atoms with Crippen LogP contribution in [0.4, 0.5) is 0 Å². The molecule has 0 saturated carbocycles. The zero-order valence-electron chi connectivity index (χ0n) is 6.81. The van der Waals surface area contributed by atoms with Crippen LogP contribution in [0.15, 0.2) is 24.7 Å². The highest BCUT2D eigenvalue weighted by Crippen LogP contribution is 2.10. The Bertz CT molecular complexity index is 391. The first-order valence-electron chi connectivity index (χ1n) is 3.82. The van der Waals surface area contributed by atoms with E-state index in [1.807, 2.05) is 25.3 Å². The van der Waals surface area contributed by atoms with Gasteiger partial charge in [0.05, 0.1) is 0 Å². The average molecular weight is 162 g/mol. The Morgan fingerprint density at radius 1 is 1.58 bits per heavy atom. The van der Waals surface area contributed by atoms with Crippen LogP contribution >= 0.6 is 0 Å². The maximum Gasteiger partial charge on any atom is 0.155 e. The van der Waals surface area contributed by atoms with Crippen molar-refractivity contribution in [2.75, 3.05) is 0 Å². The first-order chi connectivity index (χ1) is 5.77. The molecular formula is C8H10N4. The predicted molar refractivity (Wildman–Crippen MR) is 45.6 cm³/mol. The fourth-order valence-corrected chi connectivity index (χ4v) is 1.11. The molecule has 2 heterocycles. The van der Waals surface area contributed by atoms with E-state index in [2.05, 4.69) is 10.1 Å². The SMILES string of the molecule is CC(N)c1ccn2ncnc2c1. The molecule has 2 aromatic rings. The summed E-state index contributed by atoms with van der Waals surface area (Å²) in [6.45, 7) is 1.95. The van der Waals surface area contributed by atoms with Crippen molar-refractivity contribution in [2.24, 2.45) is 5.73 Å². The third-order valence-electron chi connectivity index (χ3n) is 1.83. The Hall–Kier alpha value is -1.42. The maximum atomic E-state index is 5.72. The van der Waals surface area contributed by atoms with Crippen molar-refractivity contribution in [1.82, 2.24) is 14.6 Å². The topological polar surface area (TPSA) is 56.2 Å². The van der Waals surface area contributed by atoms with Gasteiger partial charge < -0.3 is 5.73 Å². The van der Waals surface area contributed by atoms with Gasteiger partial charge in [-0.15, -0.1) is 0 Å². The molecule has 0 fully saturated rings. The van der Waals surface area contributed by atoms with E-state index in [1.165, 1.54) is 6.33 Å². The summed E-state index contributed by atoms with van der Waals surface area (Å²) in [6, 6.07) is 3.94. The molecule has 0 aliphatic rings. The van der Waals surface area contributed by atoms with Crippen molar-refractivity contribution in [3.63, 3.8) is 0 Å². The van der Waals surface area contributed by atoms with Crippen LogP contribution in [0, 0.1) is 0 Å². The molecule has 2 N–H and O–H groups in total. The summed E-state index contributed by atoms with van der Waals surface area (Å²) in [5.41, 5.74) is 7.63. The van der Waals surface area contributed by atoms with E-state index in [4.69, 9.17) is 5.73 Å². The van der Waals surface area contributed by atoms with E-state index in [1.54, 1.807) is 4.52 Å². The summed E-state index contributed by atoms with van der Waals surface area (Å²) in [5, 5.41) is 3.98. The monoisotopic (exact) mass is 162 g/mol. The highest BCUT2D eigenvalue weighted by molar-refractivity contribution is 5.40. The van der Waals surface area contributed by atoms with Gasteiger partial charge >= 0.3 is 0 Å². The highest BCUT2D eigenvalue weighted by atomic mass is 15.3. The van der Waals surface area contributed by atoms with Crippen molar-refractivity contribution < 1.29 is 0 Å². The molecule has 0 saturated heterocycles. The second-order valence-corrected chi connectivity index (χ2v) is 2.81. The molecule has 1 unspecified atom stereocenters. The number of aromatic nitrogens is 3. The Kier molecular flexibility index (Phi) is 1.55. The van der Waals surface area contributed by atoms with E-state index < -0.39 is 0 Å². The molecular weight excluding hydrogens is 152 g/mol. The average Bonchev–Trinajstić information content (AvgIpc) is 2.49. The number of pyridine rings is 1. The van der Waals surface area contributed by atoms with Gasteiger partial charge in [0.1, 0.15) is 6.33 Å². The summed E-state index contributed by atoms with van der Waals surface area (Å²) in [5.74, 6) is 0. The van der Waals surface area contributed by atoms with Gasteiger partial charge in [0.2, 0.25) is 0 Å². The van der Waals surface area contributed by atoms with Crippen LogP contribution in [0.1, 0.15) is 18.5 Å². The maximum absolute atomic E-state index is 5.72. The Morgan fingerprint density at radius 3 is 3.17 bits per heavy atom. The molecule has 12 heavy (non-hydrogen) atoms. The van der Waals surface area contributed by atoms with Crippen molar-refractivity contribution in [2.45, 2.75) is 13.0 Å². The lowest BCUT2D eigenvalue weighted by Gasteiger charge is -2.03. The third kappa shape index (κ3) is 1.06. The van der Waals surface area contributed by atoms with Gasteiger partial charge in [0.15, 0.2) is 5.65 Å². The van der Waals surface area contributed by atoms with Crippen LogP contribution in [0.25, 0.3) is 5.65 Å². The van der Waals surface area contributed by atoms with E-state index in [9.17, 15) is 0 Å². The fourth-order valence-electron chi connectivity index (χ4n) is 1.11. The minimum Gasteiger partial charge on any atom is -0.324 e. The predicted octanol–water partition coefficient (Wildman–Crippen LogP) is 0.749. The first-order valence-corrected chi connectivity index (χ1v) is 3.82. The summed E-state index contributed by atoms with van der Waals surface area (Å²) in [7, 11) is 0. The Balaban J connectivity index is 2.60. The highest BCUT2D eigenvalue weighted by Gasteiger charge is 2.00. The van der Waals surface area contributed by atoms with Gasteiger partial charge in [0, 0.05) is 12.2 Å². The van der Waals surface area contributed by atoms with E-state index >= 15 is 0 Å². The molecule has 2 rings (SSSR count). The van der Waals surface area contributed by atoms with Crippen molar-refractivity contribution in [3.05, 3.63) is 30.2 Å². The lowest BCUT2D eigenvalue weighted by atomic mass is 10.1. The van der Waals surface area contributed by atoms with Gasteiger partial charge in [-0.25, -0.2) is 9.50 Å². The van der Waals surface area contributed by atoms with Crippen molar-refractivity contribution >= 4 is 5.65 Å². The number of hydrogen-bond donors (Lipinski definition) is 1. The van der Waals surface area contributed by atoms with Crippen LogP contribution in [-0.2, 0) is 0 Å². The minimum absolute atomic E-state index is 0.0479. The molecule has 0 spiro atoms. The number of nitrogens with zero attached hydrogens (tertiary/aromatic N) is 3. The minimum atomic E-state index is 0.0479. The standard InChI is InChI=1S/C8H10N4/c1-6(9)7-2-3-12-8(4-7)10-5-11-12/h2-6H,9H2,1H3. The fraction of sp³-hybridized carbons (Fsp3) is 0.250. The molecule has 62 valence electrons. The lowest BCUT2D eigenvalue weighted by molar-refractivity contribution is 0.811. The quantitative estimate of drug-likeness (QED) is 0.673. The number of rotatable bonds is 1. The van der Waals surface area contributed by atoms with E-state index in [0.29, 0.717) is 0 Å². The largest absolute Gasteiger partial charge is 0.324 e. The molecule has 0 aromatic carbocycles. The first kappa shape index (κ1) is 7.24. The third-order valence-corrected chi connectivity index (χ3v) is 1.83. The van der Waals surface area contributed by atoms with Gasteiger partial charge in [0.25, 0.3) is 0 Å². The molecule has 0 aliphatic heterocycles. The van der Waals surface area contributed by atoms with Gasteiger partial charge in [-0.1, -0.05) is 0 Å². The zero-order valence-corrected chi connectivity index (χ0v) is 6.81. The molecule has 2 aromatic heterocycles. The Morgan fingerprint density at radius 2 is 2.42 bits per heavy atom. The summed E-state index contributed by atoms with van der Waals surface area (Å²) in [6.07, 6.45) is 3.39. The molecule has 4 heteroatoms. The molecule has 0 bridgehead atoms. The van der Waals surface area contributed by atoms with Crippen LogP contribution in [-0.4, -0.2) is 14.6 Å². The molecule has 1 atom stereocenters. The zero-order chi connectivity index (χ0) is 8.55. The van der Waals surface area contributed by atoms with Crippen LogP contribution < -0.4 is 5.73 Å². The summed E-state index contributed by atoms with van der Waals surface area (Å²) >= 11 is 0. The number of fused-ring (bicyclic) bond motifs is 1. The molecule has 0 aliphatic carbocycles. The lowest BCUT2D eigenvalue weighted by Crippen LogP contribution is -2.05. The van der Waals surface area contributed by atoms with Crippen molar-refractivity contribution in [1.29, 1.82) is 0 Å². The second kappa shape index (κ2) is 2.57. The van der Waals surface area contributed by atoms with E-state index in [-0.39, 0.29) is 6.04 Å². The number of nitrogens with two attached hydrogens (primary N) is 1. The molecule has 4 nitrogen and oxygen atoms in total. The normalized spacial score (nSPS) is 13.5. The smallest absolute Gasteiger partial charge is 0.155 e.